The lowest BCUT2D eigenvalue weighted by Crippen LogP contribution is -2.04. The van der Waals surface area contributed by atoms with Crippen LogP contribution in [0.4, 0.5) is 0 Å². The number of ether oxygens (including phenoxy) is 2. The quantitative estimate of drug-likeness (QED) is 0.729. The van der Waals surface area contributed by atoms with Crippen LogP contribution in [-0.2, 0) is 0 Å². The molecule has 1 aromatic rings. The summed E-state index contributed by atoms with van der Waals surface area (Å²) in [5.41, 5.74) is 0. The summed E-state index contributed by atoms with van der Waals surface area (Å²) < 4.78 is 11.5. The predicted octanol–water partition coefficient (Wildman–Crippen LogP) is 3.06. The molecule has 0 saturated heterocycles. The van der Waals surface area contributed by atoms with E-state index in [-0.39, 0.29) is 0 Å². The number of hydrogen-bond donors (Lipinski definition) is 0. The SMILES string of the molecule is [c]1cccc(OCC2CC2)c1OCC1CC1. The lowest BCUT2D eigenvalue weighted by atomic mass is 10.3. The molecule has 2 heteroatoms. The highest BCUT2D eigenvalue weighted by molar-refractivity contribution is 5.38. The van der Waals surface area contributed by atoms with Crippen molar-refractivity contribution in [1.82, 2.24) is 0 Å². The first kappa shape index (κ1) is 10.0. The number of para-hydroxylation sites is 1. The first-order valence-electron chi connectivity index (χ1n) is 6.18. The average molecular weight is 217 g/mol. The minimum atomic E-state index is 0.768. The van der Waals surface area contributed by atoms with Gasteiger partial charge in [0.25, 0.3) is 0 Å². The van der Waals surface area contributed by atoms with Gasteiger partial charge in [-0.3, -0.25) is 0 Å². The lowest BCUT2D eigenvalue weighted by molar-refractivity contribution is 0.252. The van der Waals surface area contributed by atoms with E-state index in [1.165, 1.54) is 25.7 Å². The number of benzene rings is 1. The Morgan fingerprint density at radius 3 is 2.44 bits per heavy atom. The molecular formula is C14H17O2. The molecule has 2 fully saturated rings. The molecule has 0 bridgehead atoms. The van der Waals surface area contributed by atoms with E-state index >= 15 is 0 Å². The molecule has 1 aromatic carbocycles. The van der Waals surface area contributed by atoms with Crippen molar-refractivity contribution < 1.29 is 9.47 Å². The van der Waals surface area contributed by atoms with Gasteiger partial charge in [0, 0.05) is 6.07 Å². The Bertz CT molecular complexity index is 319. The van der Waals surface area contributed by atoms with Crippen molar-refractivity contribution in [2.75, 3.05) is 13.2 Å². The van der Waals surface area contributed by atoms with E-state index in [1.807, 2.05) is 18.2 Å². The monoisotopic (exact) mass is 217 g/mol. The summed E-state index contributed by atoms with van der Waals surface area (Å²) >= 11 is 0. The van der Waals surface area contributed by atoms with Gasteiger partial charge in [-0.15, -0.1) is 0 Å². The molecule has 2 saturated carbocycles. The Kier molecular flexibility index (Phi) is 2.73. The van der Waals surface area contributed by atoms with Crippen molar-refractivity contribution in [3.63, 3.8) is 0 Å². The third kappa shape index (κ3) is 2.69. The Hall–Kier alpha value is -1.18. The summed E-state index contributed by atoms with van der Waals surface area (Å²) in [6, 6.07) is 8.92. The molecule has 85 valence electrons. The third-order valence-corrected chi connectivity index (χ3v) is 3.11. The molecule has 0 heterocycles. The molecule has 0 spiro atoms. The average Bonchev–Trinajstić information content (AvgIpc) is 3.17. The van der Waals surface area contributed by atoms with Crippen LogP contribution < -0.4 is 9.47 Å². The smallest absolute Gasteiger partial charge is 0.169 e. The van der Waals surface area contributed by atoms with Gasteiger partial charge >= 0.3 is 0 Å². The van der Waals surface area contributed by atoms with E-state index in [4.69, 9.17) is 9.47 Å². The number of rotatable bonds is 6. The summed E-state index contributed by atoms with van der Waals surface area (Å²) in [4.78, 5) is 0. The third-order valence-electron chi connectivity index (χ3n) is 3.11. The Morgan fingerprint density at radius 1 is 1.06 bits per heavy atom. The zero-order chi connectivity index (χ0) is 10.8. The summed E-state index contributed by atoms with van der Waals surface area (Å²) in [5.74, 6) is 3.19. The summed E-state index contributed by atoms with van der Waals surface area (Å²) in [6.45, 7) is 1.65. The van der Waals surface area contributed by atoms with Crippen LogP contribution in [0.15, 0.2) is 18.2 Å². The topological polar surface area (TPSA) is 18.5 Å². The van der Waals surface area contributed by atoms with E-state index in [0.29, 0.717) is 0 Å². The highest BCUT2D eigenvalue weighted by Gasteiger charge is 2.24. The molecule has 0 unspecified atom stereocenters. The standard InChI is InChI=1S/C14H17O2/c1-2-4-14(16-10-12-7-8-12)13(3-1)15-9-11-5-6-11/h1-3,11-12H,5-10H2. The molecule has 1 radical (unpaired) electrons. The predicted molar refractivity (Wildman–Crippen MR) is 61.7 cm³/mol. The molecule has 2 aliphatic carbocycles. The molecule has 2 nitrogen and oxygen atoms in total. The van der Waals surface area contributed by atoms with Crippen molar-refractivity contribution >= 4 is 0 Å². The van der Waals surface area contributed by atoms with Gasteiger partial charge < -0.3 is 9.47 Å². The van der Waals surface area contributed by atoms with E-state index in [2.05, 4.69) is 6.07 Å². The minimum Gasteiger partial charge on any atom is -0.489 e. The summed E-state index contributed by atoms with van der Waals surface area (Å²) in [6.07, 6.45) is 5.25. The van der Waals surface area contributed by atoms with Gasteiger partial charge in [0.15, 0.2) is 11.5 Å². The van der Waals surface area contributed by atoms with E-state index < -0.39 is 0 Å². The van der Waals surface area contributed by atoms with E-state index in [9.17, 15) is 0 Å². The van der Waals surface area contributed by atoms with Crippen molar-refractivity contribution in [3.8, 4) is 11.5 Å². The van der Waals surface area contributed by atoms with Crippen LogP contribution in [0.3, 0.4) is 0 Å². The van der Waals surface area contributed by atoms with E-state index in [1.54, 1.807) is 0 Å². The minimum absolute atomic E-state index is 0.768. The van der Waals surface area contributed by atoms with Gasteiger partial charge in [0.1, 0.15) is 0 Å². The molecule has 2 aliphatic rings. The Labute approximate surface area is 96.6 Å². The van der Waals surface area contributed by atoms with Gasteiger partial charge in [-0.1, -0.05) is 12.1 Å². The van der Waals surface area contributed by atoms with Crippen LogP contribution in [0.25, 0.3) is 0 Å². The fourth-order valence-corrected chi connectivity index (χ4v) is 1.61. The normalized spacial score (nSPS) is 19.5. The maximum absolute atomic E-state index is 5.76. The van der Waals surface area contributed by atoms with Gasteiger partial charge in [-0.2, -0.15) is 0 Å². The fraction of sp³-hybridized carbons (Fsp3) is 0.571. The first-order chi connectivity index (χ1) is 7.92. The molecule has 0 N–H and O–H groups in total. The molecule has 0 aromatic heterocycles. The zero-order valence-electron chi connectivity index (χ0n) is 9.45. The van der Waals surface area contributed by atoms with Crippen LogP contribution >= 0.6 is 0 Å². The highest BCUT2D eigenvalue weighted by atomic mass is 16.5. The van der Waals surface area contributed by atoms with Crippen LogP contribution in [-0.4, -0.2) is 13.2 Å². The molecule has 16 heavy (non-hydrogen) atoms. The van der Waals surface area contributed by atoms with Crippen molar-refractivity contribution in [1.29, 1.82) is 0 Å². The fourth-order valence-electron chi connectivity index (χ4n) is 1.61. The zero-order valence-corrected chi connectivity index (χ0v) is 9.45. The summed E-state index contributed by atoms with van der Waals surface area (Å²) in [7, 11) is 0. The van der Waals surface area contributed by atoms with Crippen molar-refractivity contribution in [2.24, 2.45) is 11.8 Å². The van der Waals surface area contributed by atoms with Crippen molar-refractivity contribution in [3.05, 3.63) is 24.3 Å². The van der Waals surface area contributed by atoms with Gasteiger partial charge in [0.2, 0.25) is 0 Å². The second-order valence-electron chi connectivity index (χ2n) is 4.87. The molecule has 0 atom stereocenters. The van der Waals surface area contributed by atoms with Crippen LogP contribution in [0.2, 0.25) is 0 Å². The molecular weight excluding hydrogens is 200 g/mol. The van der Waals surface area contributed by atoms with Crippen molar-refractivity contribution in [2.45, 2.75) is 25.7 Å². The first-order valence-corrected chi connectivity index (χ1v) is 6.18. The van der Waals surface area contributed by atoms with Crippen LogP contribution in [0, 0.1) is 17.9 Å². The van der Waals surface area contributed by atoms with Gasteiger partial charge in [-0.25, -0.2) is 0 Å². The maximum atomic E-state index is 5.76. The van der Waals surface area contributed by atoms with Crippen LogP contribution in [0.5, 0.6) is 11.5 Å². The Morgan fingerprint density at radius 2 is 1.75 bits per heavy atom. The number of hydrogen-bond acceptors (Lipinski definition) is 2. The highest BCUT2D eigenvalue weighted by Crippen LogP contribution is 2.34. The maximum Gasteiger partial charge on any atom is 0.169 e. The molecule has 0 aliphatic heterocycles. The Balaban J connectivity index is 1.58. The molecule has 0 amide bonds. The van der Waals surface area contributed by atoms with Crippen LogP contribution in [0.1, 0.15) is 25.7 Å². The largest absolute Gasteiger partial charge is 0.489 e. The summed E-state index contributed by atoms with van der Waals surface area (Å²) in [5, 5.41) is 0. The second-order valence-corrected chi connectivity index (χ2v) is 4.87. The van der Waals surface area contributed by atoms with Gasteiger partial charge in [-0.05, 0) is 43.6 Å². The van der Waals surface area contributed by atoms with Gasteiger partial charge in [0.05, 0.1) is 13.2 Å². The second kappa shape index (κ2) is 4.36. The lowest BCUT2D eigenvalue weighted by Gasteiger charge is -2.11. The molecule has 3 rings (SSSR count). The van der Waals surface area contributed by atoms with E-state index in [0.717, 1.165) is 36.5 Å².